The maximum atomic E-state index is 12.2. The Balaban J connectivity index is 2.28. The third-order valence-electron chi connectivity index (χ3n) is 2.63. The molecule has 7 heteroatoms. The number of rotatable bonds is 4. The van der Waals surface area contributed by atoms with Gasteiger partial charge in [-0.15, -0.1) is 0 Å². The molecule has 0 radical (unpaired) electrons. The molecule has 98 valence electrons. The molecule has 0 amide bonds. The lowest BCUT2D eigenvalue weighted by atomic mass is 10.3. The van der Waals surface area contributed by atoms with Crippen LogP contribution < -0.4 is 4.72 Å². The molecule has 18 heavy (non-hydrogen) atoms. The average Bonchev–Trinajstić information content (AvgIpc) is 2.87. The maximum absolute atomic E-state index is 12.2. The predicted molar refractivity (Wildman–Crippen MR) is 65.5 cm³/mol. The molecule has 6 nitrogen and oxygen atoms in total. The minimum absolute atomic E-state index is 0.195. The highest BCUT2D eigenvalue weighted by atomic mass is 32.2. The van der Waals surface area contributed by atoms with Gasteiger partial charge in [-0.05, 0) is 32.9 Å². The van der Waals surface area contributed by atoms with Crippen molar-refractivity contribution in [2.75, 3.05) is 0 Å². The standard InChI is InChI=1S/C11H15N3O3S/c1-7(10-5-4-6-17-10)14-18(15,16)11-8(2)12-13-9(11)3/h4-7,14H,1-3H3,(H,12,13). The van der Waals surface area contributed by atoms with Crippen LogP contribution in [-0.4, -0.2) is 18.6 Å². The van der Waals surface area contributed by atoms with Gasteiger partial charge in [-0.2, -0.15) is 5.10 Å². The second-order valence-corrected chi connectivity index (χ2v) is 5.77. The molecular weight excluding hydrogens is 254 g/mol. The minimum Gasteiger partial charge on any atom is -0.468 e. The number of aromatic nitrogens is 2. The van der Waals surface area contributed by atoms with E-state index >= 15 is 0 Å². The number of furan rings is 1. The van der Waals surface area contributed by atoms with Gasteiger partial charge < -0.3 is 4.42 Å². The van der Waals surface area contributed by atoms with Gasteiger partial charge in [0.25, 0.3) is 0 Å². The van der Waals surface area contributed by atoms with Crippen molar-refractivity contribution >= 4 is 10.0 Å². The molecule has 2 aromatic rings. The monoisotopic (exact) mass is 269 g/mol. The van der Waals surface area contributed by atoms with E-state index in [1.165, 1.54) is 6.26 Å². The number of sulfonamides is 1. The molecule has 1 atom stereocenters. The predicted octanol–water partition coefficient (Wildman–Crippen LogP) is 1.66. The molecule has 0 aliphatic carbocycles. The Bertz CT molecular complexity index is 609. The topological polar surface area (TPSA) is 88.0 Å². The van der Waals surface area contributed by atoms with E-state index in [0.717, 1.165) is 0 Å². The van der Waals surface area contributed by atoms with Gasteiger partial charge in [0.15, 0.2) is 0 Å². The van der Waals surface area contributed by atoms with Crippen LogP contribution in [0.2, 0.25) is 0 Å². The molecule has 0 aliphatic rings. The summed E-state index contributed by atoms with van der Waals surface area (Å²) in [5, 5.41) is 6.54. The van der Waals surface area contributed by atoms with Crippen LogP contribution in [0.15, 0.2) is 27.7 Å². The number of hydrogen-bond donors (Lipinski definition) is 2. The summed E-state index contributed by atoms with van der Waals surface area (Å²) in [6.07, 6.45) is 1.51. The Morgan fingerprint density at radius 3 is 2.67 bits per heavy atom. The van der Waals surface area contributed by atoms with Crippen LogP contribution in [0.25, 0.3) is 0 Å². The van der Waals surface area contributed by atoms with Gasteiger partial charge >= 0.3 is 0 Å². The summed E-state index contributed by atoms with van der Waals surface area (Å²) >= 11 is 0. The first kappa shape index (κ1) is 12.8. The van der Waals surface area contributed by atoms with Gasteiger partial charge in [0.1, 0.15) is 10.7 Å². The van der Waals surface area contributed by atoms with Crippen molar-refractivity contribution in [3.8, 4) is 0 Å². The zero-order chi connectivity index (χ0) is 13.3. The summed E-state index contributed by atoms with van der Waals surface area (Å²) in [4.78, 5) is 0.195. The van der Waals surface area contributed by atoms with Crippen LogP contribution in [0, 0.1) is 13.8 Å². The molecule has 0 aliphatic heterocycles. The molecule has 0 aromatic carbocycles. The van der Waals surface area contributed by atoms with Crippen LogP contribution in [0.3, 0.4) is 0 Å². The van der Waals surface area contributed by atoms with Crippen LogP contribution in [0.5, 0.6) is 0 Å². The minimum atomic E-state index is -3.61. The third-order valence-corrected chi connectivity index (χ3v) is 4.43. The second kappa shape index (κ2) is 4.58. The fourth-order valence-electron chi connectivity index (χ4n) is 1.82. The van der Waals surface area contributed by atoms with Gasteiger partial charge in [0.05, 0.1) is 23.7 Å². The number of nitrogens with one attached hydrogen (secondary N) is 2. The van der Waals surface area contributed by atoms with Crippen molar-refractivity contribution in [1.29, 1.82) is 0 Å². The summed E-state index contributed by atoms with van der Waals surface area (Å²) < 4.78 is 32.2. The van der Waals surface area contributed by atoms with Crippen molar-refractivity contribution in [2.45, 2.75) is 31.7 Å². The Morgan fingerprint density at radius 1 is 1.44 bits per heavy atom. The zero-order valence-electron chi connectivity index (χ0n) is 10.4. The van der Waals surface area contributed by atoms with E-state index < -0.39 is 16.1 Å². The lowest BCUT2D eigenvalue weighted by molar-refractivity contribution is 0.459. The molecule has 0 saturated carbocycles. The number of H-pyrrole nitrogens is 1. The molecule has 2 N–H and O–H groups in total. The van der Waals surface area contributed by atoms with Crippen LogP contribution >= 0.6 is 0 Å². The van der Waals surface area contributed by atoms with Crippen LogP contribution in [0.4, 0.5) is 0 Å². The Morgan fingerprint density at radius 2 is 2.17 bits per heavy atom. The molecule has 0 fully saturated rings. The Kier molecular flexibility index (Phi) is 3.27. The third kappa shape index (κ3) is 2.32. The van der Waals surface area contributed by atoms with E-state index in [4.69, 9.17) is 4.42 Å². The van der Waals surface area contributed by atoms with E-state index in [-0.39, 0.29) is 4.90 Å². The largest absolute Gasteiger partial charge is 0.468 e. The van der Waals surface area contributed by atoms with E-state index in [9.17, 15) is 8.42 Å². The average molecular weight is 269 g/mol. The normalized spacial score (nSPS) is 13.7. The first-order valence-electron chi connectivity index (χ1n) is 5.49. The highest BCUT2D eigenvalue weighted by Gasteiger charge is 2.25. The van der Waals surface area contributed by atoms with Crippen LogP contribution in [0.1, 0.15) is 30.1 Å². The first-order chi connectivity index (χ1) is 8.42. The molecular formula is C11H15N3O3S. The quantitative estimate of drug-likeness (QED) is 0.883. The first-order valence-corrected chi connectivity index (χ1v) is 6.97. The molecule has 2 aromatic heterocycles. The Hall–Kier alpha value is -1.60. The smallest absolute Gasteiger partial charge is 0.244 e. The van der Waals surface area contributed by atoms with E-state index in [1.54, 1.807) is 32.9 Å². The maximum Gasteiger partial charge on any atom is 0.244 e. The Labute approximate surface area is 105 Å². The molecule has 1 unspecified atom stereocenters. The van der Waals surface area contributed by atoms with Crippen LogP contribution in [-0.2, 0) is 10.0 Å². The van der Waals surface area contributed by atoms with Crippen molar-refractivity contribution < 1.29 is 12.8 Å². The summed E-state index contributed by atoms with van der Waals surface area (Å²) in [6, 6.07) is 3.01. The molecule has 0 saturated heterocycles. The number of aryl methyl sites for hydroxylation is 2. The summed E-state index contributed by atoms with van der Waals surface area (Å²) in [5.74, 6) is 0.567. The van der Waals surface area contributed by atoms with Gasteiger partial charge in [-0.1, -0.05) is 0 Å². The lowest BCUT2D eigenvalue weighted by Gasteiger charge is -2.12. The van der Waals surface area contributed by atoms with Crippen molar-refractivity contribution in [3.63, 3.8) is 0 Å². The summed E-state index contributed by atoms with van der Waals surface area (Å²) in [5.41, 5.74) is 0.971. The second-order valence-electron chi connectivity index (χ2n) is 4.12. The zero-order valence-corrected chi connectivity index (χ0v) is 11.2. The number of aromatic amines is 1. The fourth-order valence-corrected chi connectivity index (χ4v) is 3.41. The van der Waals surface area contributed by atoms with Crippen molar-refractivity contribution in [1.82, 2.24) is 14.9 Å². The van der Waals surface area contributed by atoms with E-state index in [0.29, 0.717) is 17.1 Å². The summed E-state index contributed by atoms with van der Waals surface area (Å²) in [6.45, 7) is 5.04. The van der Waals surface area contributed by atoms with E-state index in [2.05, 4.69) is 14.9 Å². The van der Waals surface area contributed by atoms with Gasteiger partial charge in [0.2, 0.25) is 10.0 Å². The molecule has 0 spiro atoms. The fraction of sp³-hybridized carbons (Fsp3) is 0.364. The van der Waals surface area contributed by atoms with Gasteiger partial charge in [-0.3, -0.25) is 5.10 Å². The SMILES string of the molecule is Cc1n[nH]c(C)c1S(=O)(=O)NC(C)c1ccco1. The van der Waals surface area contributed by atoms with Crippen molar-refractivity contribution in [3.05, 3.63) is 35.5 Å². The molecule has 2 rings (SSSR count). The molecule has 0 bridgehead atoms. The molecule has 2 heterocycles. The van der Waals surface area contributed by atoms with E-state index in [1.807, 2.05) is 0 Å². The van der Waals surface area contributed by atoms with Gasteiger partial charge in [0, 0.05) is 0 Å². The number of nitrogens with zero attached hydrogens (tertiary/aromatic N) is 1. The highest BCUT2D eigenvalue weighted by molar-refractivity contribution is 7.89. The summed E-state index contributed by atoms with van der Waals surface area (Å²) in [7, 11) is -3.61. The van der Waals surface area contributed by atoms with Gasteiger partial charge in [-0.25, -0.2) is 13.1 Å². The number of hydrogen-bond acceptors (Lipinski definition) is 4. The highest BCUT2D eigenvalue weighted by Crippen LogP contribution is 2.20. The lowest BCUT2D eigenvalue weighted by Crippen LogP contribution is -2.27. The van der Waals surface area contributed by atoms with Crippen molar-refractivity contribution in [2.24, 2.45) is 0 Å².